The lowest BCUT2D eigenvalue weighted by atomic mass is 10.1. The average molecular weight is 341 g/mol. The molecule has 0 bridgehead atoms. The lowest BCUT2D eigenvalue weighted by Crippen LogP contribution is -2.48. The van der Waals surface area contributed by atoms with Gasteiger partial charge in [0.2, 0.25) is 0 Å². The van der Waals surface area contributed by atoms with Gasteiger partial charge in [-0.2, -0.15) is 0 Å². The maximum absolute atomic E-state index is 13.0. The minimum absolute atomic E-state index is 0.0232. The van der Waals surface area contributed by atoms with Crippen molar-refractivity contribution in [3.63, 3.8) is 0 Å². The smallest absolute Gasteiger partial charge is 0.251 e. The Bertz CT molecular complexity index is 692. The number of carbonyl (C=O) groups is 1. The number of rotatable bonds is 5. The van der Waals surface area contributed by atoms with Crippen LogP contribution in [0, 0.1) is 12.7 Å². The minimum atomic E-state index is -0.202. The summed E-state index contributed by atoms with van der Waals surface area (Å²) in [6, 6.07) is 14.3. The molecule has 1 amide bonds. The molecule has 0 aromatic heterocycles. The molecule has 0 saturated carbocycles. The first-order valence-corrected chi connectivity index (χ1v) is 8.69. The maximum atomic E-state index is 13.0. The fraction of sp³-hybridized carbons (Fsp3) is 0.350. The summed E-state index contributed by atoms with van der Waals surface area (Å²) >= 11 is 0. The summed E-state index contributed by atoms with van der Waals surface area (Å²) in [6.45, 7) is 7.20. The van der Waals surface area contributed by atoms with E-state index in [4.69, 9.17) is 0 Å². The van der Waals surface area contributed by atoms with E-state index in [9.17, 15) is 9.18 Å². The van der Waals surface area contributed by atoms with Crippen molar-refractivity contribution in [3.8, 4) is 0 Å². The standard InChI is InChI=1S/C20H24FN3O/c1-16-2-4-17(5-3-16)20(25)22-10-11-23-12-14-24(15-13-23)19-8-6-18(21)7-9-19/h2-9H,10-15H2,1H3,(H,22,25). The van der Waals surface area contributed by atoms with Crippen molar-refractivity contribution in [1.29, 1.82) is 0 Å². The van der Waals surface area contributed by atoms with Gasteiger partial charge in [0, 0.05) is 50.5 Å². The van der Waals surface area contributed by atoms with Gasteiger partial charge >= 0.3 is 0 Å². The van der Waals surface area contributed by atoms with Gasteiger partial charge in [-0.1, -0.05) is 17.7 Å². The zero-order chi connectivity index (χ0) is 17.6. The van der Waals surface area contributed by atoms with E-state index in [0.717, 1.165) is 44.0 Å². The van der Waals surface area contributed by atoms with Crippen LogP contribution in [0.15, 0.2) is 48.5 Å². The molecule has 132 valence electrons. The van der Waals surface area contributed by atoms with Gasteiger partial charge < -0.3 is 10.2 Å². The third-order valence-electron chi connectivity index (χ3n) is 4.59. The van der Waals surface area contributed by atoms with Crippen molar-refractivity contribution < 1.29 is 9.18 Å². The molecule has 1 N–H and O–H groups in total. The summed E-state index contributed by atoms with van der Waals surface area (Å²) in [5.74, 6) is -0.225. The van der Waals surface area contributed by atoms with Crippen LogP contribution in [-0.2, 0) is 0 Å². The van der Waals surface area contributed by atoms with Gasteiger partial charge in [-0.3, -0.25) is 9.69 Å². The molecule has 0 aliphatic carbocycles. The Labute approximate surface area is 148 Å². The Kier molecular flexibility index (Phi) is 5.66. The number of aryl methyl sites for hydroxylation is 1. The average Bonchev–Trinajstić information content (AvgIpc) is 2.63. The van der Waals surface area contributed by atoms with E-state index >= 15 is 0 Å². The molecular formula is C20H24FN3O. The molecule has 3 rings (SSSR count). The number of nitrogens with zero attached hydrogens (tertiary/aromatic N) is 2. The third-order valence-corrected chi connectivity index (χ3v) is 4.59. The molecule has 1 aliphatic heterocycles. The van der Waals surface area contributed by atoms with Crippen molar-refractivity contribution in [3.05, 3.63) is 65.5 Å². The Morgan fingerprint density at radius 3 is 2.28 bits per heavy atom. The number of halogens is 1. The SMILES string of the molecule is Cc1ccc(C(=O)NCCN2CCN(c3ccc(F)cc3)CC2)cc1. The van der Waals surface area contributed by atoms with Crippen LogP contribution in [0.4, 0.5) is 10.1 Å². The predicted molar refractivity (Wildman–Crippen MR) is 98.6 cm³/mol. The van der Waals surface area contributed by atoms with E-state index in [0.29, 0.717) is 12.1 Å². The molecule has 1 heterocycles. The normalized spacial score (nSPS) is 15.2. The lowest BCUT2D eigenvalue weighted by Gasteiger charge is -2.36. The van der Waals surface area contributed by atoms with Gasteiger partial charge in [0.15, 0.2) is 0 Å². The highest BCUT2D eigenvalue weighted by molar-refractivity contribution is 5.94. The Balaban J connectivity index is 1.40. The van der Waals surface area contributed by atoms with Gasteiger partial charge in [0.1, 0.15) is 5.82 Å². The van der Waals surface area contributed by atoms with Crippen molar-refractivity contribution in [2.45, 2.75) is 6.92 Å². The van der Waals surface area contributed by atoms with Crippen LogP contribution in [0.25, 0.3) is 0 Å². The van der Waals surface area contributed by atoms with Crippen LogP contribution in [-0.4, -0.2) is 50.1 Å². The molecule has 2 aromatic carbocycles. The summed E-state index contributed by atoms with van der Waals surface area (Å²) in [7, 11) is 0. The number of carbonyl (C=O) groups excluding carboxylic acids is 1. The van der Waals surface area contributed by atoms with Crippen molar-refractivity contribution in [2.24, 2.45) is 0 Å². The maximum Gasteiger partial charge on any atom is 0.251 e. The van der Waals surface area contributed by atoms with Crippen LogP contribution in [0.3, 0.4) is 0 Å². The van der Waals surface area contributed by atoms with E-state index < -0.39 is 0 Å². The first-order valence-electron chi connectivity index (χ1n) is 8.69. The second-order valence-corrected chi connectivity index (χ2v) is 6.43. The molecule has 0 radical (unpaired) electrons. The summed E-state index contributed by atoms with van der Waals surface area (Å²) in [5.41, 5.74) is 2.91. The highest BCUT2D eigenvalue weighted by Crippen LogP contribution is 2.16. The van der Waals surface area contributed by atoms with E-state index in [1.165, 1.54) is 12.1 Å². The van der Waals surface area contributed by atoms with Gasteiger partial charge in [-0.05, 0) is 43.3 Å². The molecule has 1 fully saturated rings. The Morgan fingerprint density at radius 2 is 1.64 bits per heavy atom. The summed E-state index contributed by atoms with van der Waals surface area (Å²) in [4.78, 5) is 16.7. The molecule has 1 aliphatic rings. The van der Waals surface area contributed by atoms with Gasteiger partial charge in [0.05, 0.1) is 0 Å². The number of hydrogen-bond acceptors (Lipinski definition) is 3. The highest BCUT2D eigenvalue weighted by atomic mass is 19.1. The highest BCUT2D eigenvalue weighted by Gasteiger charge is 2.17. The van der Waals surface area contributed by atoms with Crippen LogP contribution in [0.1, 0.15) is 15.9 Å². The number of amides is 1. The molecule has 0 atom stereocenters. The van der Waals surface area contributed by atoms with E-state index in [1.54, 1.807) is 0 Å². The fourth-order valence-corrected chi connectivity index (χ4v) is 3.02. The first-order chi connectivity index (χ1) is 12.1. The predicted octanol–water partition coefficient (Wildman–Crippen LogP) is 2.69. The first kappa shape index (κ1) is 17.4. The van der Waals surface area contributed by atoms with E-state index in [1.807, 2.05) is 43.3 Å². The minimum Gasteiger partial charge on any atom is -0.369 e. The zero-order valence-electron chi connectivity index (χ0n) is 14.5. The Morgan fingerprint density at radius 1 is 1.00 bits per heavy atom. The lowest BCUT2D eigenvalue weighted by molar-refractivity contribution is 0.0948. The molecule has 2 aromatic rings. The van der Waals surface area contributed by atoms with E-state index in [-0.39, 0.29) is 11.7 Å². The van der Waals surface area contributed by atoms with Crippen molar-refractivity contribution >= 4 is 11.6 Å². The monoisotopic (exact) mass is 341 g/mol. The van der Waals surface area contributed by atoms with Crippen LogP contribution in [0.5, 0.6) is 0 Å². The summed E-state index contributed by atoms with van der Waals surface area (Å²) < 4.78 is 13.0. The molecule has 0 unspecified atom stereocenters. The number of anilines is 1. The number of piperazine rings is 1. The summed E-state index contributed by atoms with van der Waals surface area (Å²) in [6.07, 6.45) is 0. The van der Waals surface area contributed by atoms with Crippen molar-refractivity contribution in [2.75, 3.05) is 44.2 Å². The number of benzene rings is 2. The Hall–Kier alpha value is -2.40. The molecular weight excluding hydrogens is 317 g/mol. The molecule has 4 nitrogen and oxygen atoms in total. The molecule has 5 heteroatoms. The van der Waals surface area contributed by atoms with E-state index in [2.05, 4.69) is 15.1 Å². The molecule has 0 spiro atoms. The second-order valence-electron chi connectivity index (χ2n) is 6.43. The van der Waals surface area contributed by atoms with Gasteiger partial charge in [-0.15, -0.1) is 0 Å². The number of nitrogens with one attached hydrogen (secondary N) is 1. The van der Waals surface area contributed by atoms with Gasteiger partial charge in [-0.25, -0.2) is 4.39 Å². The fourth-order valence-electron chi connectivity index (χ4n) is 3.02. The topological polar surface area (TPSA) is 35.6 Å². The third kappa shape index (κ3) is 4.79. The van der Waals surface area contributed by atoms with Gasteiger partial charge in [0.25, 0.3) is 5.91 Å². The molecule has 1 saturated heterocycles. The largest absolute Gasteiger partial charge is 0.369 e. The molecule has 25 heavy (non-hydrogen) atoms. The summed E-state index contributed by atoms with van der Waals surface area (Å²) in [5, 5.41) is 2.98. The van der Waals surface area contributed by atoms with Crippen LogP contribution >= 0.6 is 0 Å². The van der Waals surface area contributed by atoms with Crippen LogP contribution < -0.4 is 10.2 Å². The van der Waals surface area contributed by atoms with Crippen molar-refractivity contribution in [1.82, 2.24) is 10.2 Å². The van der Waals surface area contributed by atoms with Crippen LogP contribution in [0.2, 0.25) is 0 Å². The quantitative estimate of drug-likeness (QED) is 0.908. The number of hydrogen-bond donors (Lipinski definition) is 1. The zero-order valence-corrected chi connectivity index (χ0v) is 14.5. The second kappa shape index (κ2) is 8.12.